The predicted molar refractivity (Wildman–Crippen MR) is 114 cm³/mol. The lowest BCUT2D eigenvalue weighted by molar-refractivity contribution is -0.384. The fourth-order valence-corrected chi connectivity index (χ4v) is 5.05. The van der Waals surface area contributed by atoms with Gasteiger partial charge in [-0.3, -0.25) is 14.9 Å². The van der Waals surface area contributed by atoms with Gasteiger partial charge in [-0.1, -0.05) is 60.7 Å². The number of nitro benzene ring substituents is 1. The number of non-ortho nitro benzene ring substituents is 1. The Bertz CT molecular complexity index is 1130. The lowest BCUT2D eigenvalue weighted by Crippen LogP contribution is -2.42. The predicted octanol–water partition coefficient (Wildman–Crippen LogP) is 4.28. The molecular weight excluding hydrogens is 378 g/mol. The summed E-state index contributed by atoms with van der Waals surface area (Å²) in [6.07, 6.45) is 0.624. The summed E-state index contributed by atoms with van der Waals surface area (Å²) < 4.78 is 0. The van der Waals surface area contributed by atoms with Crippen molar-refractivity contribution < 1.29 is 9.72 Å². The Morgan fingerprint density at radius 3 is 2.33 bits per heavy atom. The van der Waals surface area contributed by atoms with Crippen molar-refractivity contribution in [1.29, 1.82) is 0 Å². The molecule has 1 N–H and O–H groups in total. The second-order valence-electron chi connectivity index (χ2n) is 7.97. The van der Waals surface area contributed by atoms with Crippen LogP contribution in [0.4, 0.5) is 11.4 Å². The Labute approximate surface area is 174 Å². The third-order valence-electron chi connectivity index (χ3n) is 6.46. The van der Waals surface area contributed by atoms with E-state index < -0.39 is 10.3 Å². The lowest BCUT2D eigenvalue weighted by atomic mass is 9.72. The molecule has 1 fully saturated rings. The van der Waals surface area contributed by atoms with Crippen molar-refractivity contribution in [2.24, 2.45) is 0 Å². The number of anilines is 1. The van der Waals surface area contributed by atoms with Gasteiger partial charge in [-0.05, 0) is 29.2 Å². The molecule has 0 aromatic heterocycles. The monoisotopic (exact) mass is 399 g/mol. The highest BCUT2D eigenvalue weighted by atomic mass is 16.6. The van der Waals surface area contributed by atoms with Gasteiger partial charge in [-0.25, -0.2) is 0 Å². The SMILES string of the molecule is CN1C(=O)[C@@]2(C[C@H](c3ccccc3)N[C@@H]2c2ccc([N+](=O)[O-])cc2)c2ccccc21. The Morgan fingerprint density at radius 2 is 1.63 bits per heavy atom. The zero-order valence-electron chi connectivity index (χ0n) is 16.5. The molecule has 0 bridgehead atoms. The molecule has 6 heteroatoms. The Morgan fingerprint density at radius 1 is 0.967 bits per heavy atom. The molecule has 1 spiro atoms. The number of fused-ring (bicyclic) bond motifs is 2. The van der Waals surface area contributed by atoms with Gasteiger partial charge in [0.2, 0.25) is 5.91 Å². The van der Waals surface area contributed by atoms with Gasteiger partial charge in [-0.15, -0.1) is 0 Å². The maximum absolute atomic E-state index is 13.7. The van der Waals surface area contributed by atoms with Crippen LogP contribution in [0.3, 0.4) is 0 Å². The molecule has 5 rings (SSSR count). The normalized spacial score (nSPS) is 25.0. The summed E-state index contributed by atoms with van der Waals surface area (Å²) in [6, 6.07) is 24.3. The summed E-state index contributed by atoms with van der Waals surface area (Å²) >= 11 is 0. The van der Waals surface area contributed by atoms with Crippen LogP contribution in [0.2, 0.25) is 0 Å². The molecule has 1 saturated heterocycles. The number of nitrogens with zero attached hydrogens (tertiary/aromatic N) is 2. The molecule has 150 valence electrons. The molecular formula is C24H21N3O3. The van der Waals surface area contributed by atoms with Gasteiger partial charge >= 0.3 is 0 Å². The van der Waals surface area contributed by atoms with E-state index in [1.807, 2.05) is 49.5 Å². The van der Waals surface area contributed by atoms with E-state index in [1.54, 1.807) is 17.0 Å². The standard InChI is InChI=1S/C24H21N3O3/c1-26-21-10-6-5-9-19(21)24(23(26)28)15-20(16-7-3-2-4-8-16)25-22(24)17-11-13-18(14-12-17)27(29)30/h2-14,20,22,25H,15H2,1H3/t20-,22-,24+/m1/s1. The number of carbonyl (C=O) groups is 1. The minimum absolute atomic E-state index is 0.00472. The van der Waals surface area contributed by atoms with E-state index in [2.05, 4.69) is 17.4 Å². The van der Waals surface area contributed by atoms with E-state index in [0.717, 1.165) is 22.4 Å². The van der Waals surface area contributed by atoms with Crippen molar-refractivity contribution in [2.45, 2.75) is 23.9 Å². The number of para-hydroxylation sites is 1. The quantitative estimate of drug-likeness (QED) is 0.527. The maximum Gasteiger partial charge on any atom is 0.269 e. The van der Waals surface area contributed by atoms with Gasteiger partial charge in [0.15, 0.2) is 0 Å². The molecule has 0 saturated carbocycles. The zero-order valence-corrected chi connectivity index (χ0v) is 16.5. The first-order chi connectivity index (χ1) is 14.5. The zero-order chi connectivity index (χ0) is 20.9. The average molecular weight is 399 g/mol. The second-order valence-corrected chi connectivity index (χ2v) is 7.97. The number of amides is 1. The van der Waals surface area contributed by atoms with Crippen LogP contribution in [-0.4, -0.2) is 17.9 Å². The molecule has 1 amide bonds. The highest BCUT2D eigenvalue weighted by Crippen LogP contribution is 2.56. The molecule has 2 aliphatic rings. The van der Waals surface area contributed by atoms with Crippen LogP contribution in [0.5, 0.6) is 0 Å². The summed E-state index contributed by atoms with van der Waals surface area (Å²) in [5, 5.41) is 14.8. The largest absolute Gasteiger partial charge is 0.314 e. The molecule has 3 aromatic carbocycles. The van der Waals surface area contributed by atoms with E-state index >= 15 is 0 Å². The van der Waals surface area contributed by atoms with Crippen molar-refractivity contribution in [3.63, 3.8) is 0 Å². The van der Waals surface area contributed by atoms with Gasteiger partial charge in [0.05, 0.1) is 16.4 Å². The highest BCUT2D eigenvalue weighted by Gasteiger charge is 2.59. The van der Waals surface area contributed by atoms with Crippen LogP contribution in [0.1, 0.15) is 35.2 Å². The first kappa shape index (κ1) is 18.5. The number of nitro groups is 1. The third kappa shape index (κ3) is 2.57. The molecule has 0 unspecified atom stereocenters. The van der Waals surface area contributed by atoms with Gasteiger partial charge in [0.25, 0.3) is 5.69 Å². The Balaban J connectivity index is 1.67. The van der Waals surface area contributed by atoms with E-state index in [4.69, 9.17) is 0 Å². The van der Waals surface area contributed by atoms with Crippen molar-refractivity contribution in [1.82, 2.24) is 5.32 Å². The van der Waals surface area contributed by atoms with E-state index in [-0.39, 0.29) is 23.7 Å². The van der Waals surface area contributed by atoms with Crippen LogP contribution in [0.15, 0.2) is 78.9 Å². The van der Waals surface area contributed by atoms with Crippen molar-refractivity contribution >= 4 is 17.3 Å². The Hall–Kier alpha value is -3.51. The van der Waals surface area contributed by atoms with Crippen LogP contribution in [0, 0.1) is 10.1 Å². The summed E-state index contributed by atoms with van der Waals surface area (Å²) in [5.41, 5.74) is 3.21. The van der Waals surface area contributed by atoms with E-state index in [9.17, 15) is 14.9 Å². The smallest absolute Gasteiger partial charge is 0.269 e. The van der Waals surface area contributed by atoms with Crippen molar-refractivity contribution in [3.8, 4) is 0 Å². The highest BCUT2D eigenvalue weighted by molar-refractivity contribution is 6.08. The molecule has 0 radical (unpaired) electrons. The van der Waals surface area contributed by atoms with Crippen molar-refractivity contribution in [3.05, 3.63) is 106 Å². The van der Waals surface area contributed by atoms with Gasteiger partial charge in [-0.2, -0.15) is 0 Å². The number of rotatable bonds is 3. The summed E-state index contributed by atoms with van der Waals surface area (Å²) in [7, 11) is 1.82. The van der Waals surface area contributed by atoms with E-state index in [1.165, 1.54) is 12.1 Å². The fourth-order valence-electron chi connectivity index (χ4n) is 5.05. The number of hydrogen-bond acceptors (Lipinski definition) is 4. The third-order valence-corrected chi connectivity index (χ3v) is 6.46. The molecule has 2 aliphatic heterocycles. The first-order valence-electron chi connectivity index (χ1n) is 9.95. The van der Waals surface area contributed by atoms with Crippen LogP contribution in [0.25, 0.3) is 0 Å². The van der Waals surface area contributed by atoms with E-state index in [0.29, 0.717) is 6.42 Å². The van der Waals surface area contributed by atoms with Gasteiger partial charge in [0, 0.05) is 30.9 Å². The average Bonchev–Trinajstić information content (AvgIpc) is 3.28. The van der Waals surface area contributed by atoms with Crippen LogP contribution >= 0.6 is 0 Å². The number of hydrogen-bond donors (Lipinski definition) is 1. The molecule has 3 atom stereocenters. The molecule has 3 aromatic rings. The first-order valence-corrected chi connectivity index (χ1v) is 9.95. The van der Waals surface area contributed by atoms with Gasteiger partial charge < -0.3 is 10.2 Å². The van der Waals surface area contributed by atoms with Crippen molar-refractivity contribution in [2.75, 3.05) is 11.9 Å². The van der Waals surface area contributed by atoms with Crippen LogP contribution in [-0.2, 0) is 10.2 Å². The lowest BCUT2D eigenvalue weighted by Gasteiger charge is -2.30. The second kappa shape index (κ2) is 6.78. The number of benzene rings is 3. The molecule has 6 nitrogen and oxygen atoms in total. The minimum atomic E-state index is -0.762. The van der Waals surface area contributed by atoms with Crippen LogP contribution < -0.4 is 10.2 Å². The summed E-state index contributed by atoms with van der Waals surface area (Å²) in [4.78, 5) is 26.1. The summed E-state index contributed by atoms with van der Waals surface area (Å²) in [5.74, 6) is 0.0537. The van der Waals surface area contributed by atoms with Gasteiger partial charge in [0.1, 0.15) is 0 Å². The number of nitrogens with one attached hydrogen (secondary N) is 1. The molecule has 30 heavy (non-hydrogen) atoms. The molecule has 2 heterocycles. The Kier molecular flexibility index (Phi) is 4.18. The maximum atomic E-state index is 13.7. The topological polar surface area (TPSA) is 75.5 Å². The fraction of sp³-hybridized carbons (Fsp3) is 0.208. The minimum Gasteiger partial charge on any atom is -0.314 e. The number of carbonyl (C=O) groups excluding carboxylic acids is 1. The molecule has 0 aliphatic carbocycles. The summed E-state index contributed by atoms with van der Waals surface area (Å²) in [6.45, 7) is 0. The number of likely N-dealkylation sites (N-methyl/N-ethyl adjacent to an activating group) is 1.